The monoisotopic (exact) mass is 246 g/mol. The first-order chi connectivity index (χ1) is 8.49. The summed E-state index contributed by atoms with van der Waals surface area (Å²) in [6, 6.07) is 1.30. The third kappa shape index (κ3) is 2.17. The Hall–Kier alpha value is -2.37. The van der Waals surface area contributed by atoms with E-state index in [1.807, 2.05) is 13.8 Å². The molecular weight excluding hydrogens is 232 g/mol. The number of rotatable bonds is 2. The predicted octanol–water partition coefficient (Wildman–Crippen LogP) is 0.179. The van der Waals surface area contributed by atoms with Gasteiger partial charge < -0.3 is 5.73 Å². The molecule has 0 bridgehead atoms. The molecule has 18 heavy (non-hydrogen) atoms. The number of hydrogen-bond donors (Lipinski definition) is 2. The summed E-state index contributed by atoms with van der Waals surface area (Å²) in [4.78, 5) is 29.0. The van der Waals surface area contributed by atoms with Crippen LogP contribution in [0.2, 0.25) is 0 Å². The Morgan fingerprint density at radius 3 is 2.78 bits per heavy atom. The maximum Gasteiger partial charge on any atom is 0.328 e. The number of aromatic amines is 1. The second kappa shape index (κ2) is 4.48. The first-order valence-corrected chi connectivity index (χ1v) is 5.49. The molecule has 0 saturated heterocycles. The molecule has 0 amide bonds. The molecule has 0 aliphatic rings. The lowest BCUT2D eigenvalue weighted by molar-refractivity contribution is 0.701. The average molecular weight is 246 g/mol. The summed E-state index contributed by atoms with van der Waals surface area (Å²) < 4.78 is 1.38. The highest BCUT2D eigenvalue weighted by Crippen LogP contribution is 2.18. The van der Waals surface area contributed by atoms with Crippen LogP contribution < -0.4 is 17.0 Å². The zero-order chi connectivity index (χ0) is 13.3. The van der Waals surface area contributed by atoms with Crippen LogP contribution in [-0.4, -0.2) is 14.5 Å². The molecule has 0 saturated carbocycles. The number of pyridine rings is 1. The smallest absolute Gasteiger partial charge is 0.328 e. The molecule has 0 atom stereocenters. The van der Waals surface area contributed by atoms with Gasteiger partial charge in [-0.2, -0.15) is 0 Å². The molecule has 0 aliphatic carbocycles. The van der Waals surface area contributed by atoms with Crippen molar-refractivity contribution >= 4 is 5.69 Å². The van der Waals surface area contributed by atoms with Gasteiger partial charge >= 0.3 is 5.69 Å². The number of aromatic nitrogens is 3. The Kier molecular flexibility index (Phi) is 3.01. The van der Waals surface area contributed by atoms with Gasteiger partial charge in [-0.1, -0.05) is 0 Å². The summed E-state index contributed by atoms with van der Waals surface area (Å²) in [5.74, 6) is 0. The third-order valence-electron chi connectivity index (χ3n) is 2.89. The van der Waals surface area contributed by atoms with Crippen molar-refractivity contribution in [3.8, 4) is 0 Å². The highest BCUT2D eigenvalue weighted by atomic mass is 16.2. The minimum Gasteiger partial charge on any atom is -0.398 e. The Labute approximate surface area is 103 Å². The summed E-state index contributed by atoms with van der Waals surface area (Å²) in [6.07, 6.45) is 3.12. The van der Waals surface area contributed by atoms with Crippen LogP contribution >= 0.6 is 0 Å². The van der Waals surface area contributed by atoms with Gasteiger partial charge in [0.25, 0.3) is 5.56 Å². The Morgan fingerprint density at radius 2 is 2.11 bits per heavy atom. The van der Waals surface area contributed by atoms with Crippen LogP contribution in [0.15, 0.2) is 28.0 Å². The van der Waals surface area contributed by atoms with E-state index < -0.39 is 11.2 Å². The molecule has 2 rings (SSSR count). The van der Waals surface area contributed by atoms with Gasteiger partial charge in [-0.15, -0.1) is 0 Å². The van der Waals surface area contributed by atoms with Crippen molar-refractivity contribution in [2.24, 2.45) is 0 Å². The van der Waals surface area contributed by atoms with Gasteiger partial charge in [-0.25, -0.2) is 4.79 Å². The number of hydrogen-bond acceptors (Lipinski definition) is 4. The van der Waals surface area contributed by atoms with Gasteiger partial charge in [-0.05, 0) is 25.0 Å². The topological polar surface area (TPSA) is 93.8 Å². The second-order valence-electron chi connectivity index (χ2n) is 4.16. The molecule has 3 N–H and O–H groups in total. The molecule has 6 heteroatoms. The van der Waals surface area contributed by atoms with Crippen molar-refractivity contribution in [3.63, 3.8) is 0 Å². The number of aryl methyl sites for hydroxylation is 1. The van der Waals surface area contributed by atoms with E-state index in [-0.39, 0.29) is 6.54 Å². The van der Waals surface area contributed by atoms with E-state index in [1.54, 1.807) is 6.20 Å². The van der Waals surface area contributed by atoms with Crippen molar-refractivity contribution in [1.29, 1.82) is 0 Å². The average Bonchev–Trinajstić information content (AvgIpc) is 2.33. The second-order valence-corrected chi connectivity index (χ2v) is 4.16. The zero-order valence-corrected chi connectivity index (χ0v) is 10.2. The van der Waals surface area contributed by atoms with Crippen molar-refractivity contribution < 1.29 is 0 Å². The van der Waals surface area contributed by atoms with Crippen molar-refractivity contribution in [2.45, 2.75) is 20.4 Å². The SMILES string of the molecule is Cc1cnc(Cn2ccc(=O)[nH]c2=O)c(C)c1N. The maximum absolute atomic E-state index is 11.6. The lowest BCUT2D eigenvalue weighted by Crippen LogP contribution is -2.29. The molecule has 0 aliphatic heterocycles. The van der Waals surface area contributed by atoms with Gasteiger partial charge in [-0.3, -0.25) is 19.3 Å². The van der Waals surface area contributed by atoms with Crippen LogP contribution in [-0.2, 0) is 6.54 Å². The fraction of sp³-hybridized carbons (Fsp3) is 0.250. The summed E-state index contributed by atoms with van der Waals surface area (Å²) in [7, 11) is 0. The van der Waals surface area contributed by atoms with E-state index in [1.165, 1.54) is 16.8 Å². The molecule has 0 aromatic carbocycles. The molecule has 94 valence electrons. The molecule has 0 spiro atoms. The van der Waals surface area contributed by atoms with Gasteiger partial charge in [0.1, 0.15) is 0 Å². The Morgan fingerprint density at radius 1 is 1.39 bits per heavy atom. The summed E-state index contributed by atoms with van der Waals surface area (Å²) in [5, 5.41) is 0. The molecule has 6 nitrogen and oxygen atoms in total. The van der Waals surface area contributed by atoms with Crippen LogP contribution in [0.1, 0.15) is 16.8 Å². The molecule has 2 aromatic heterocycles. The number of nitrogen functional groups attached to an aromatic ring is 1. The quantitative estimate of drug-likeness (QED) is 0.790. The van der Waals surface area contributed by atoms with E-state index in [4.69, 9.17) is 5.73 Å². The number of nitrogens with one attached hydrogen (secondary N) is 1. The molecular formula is C12H14N4O2. The van der Waals surface area contributed by atoms with E-state index in [0.717, 1.165) is 11.1 Å². The standard InChI is InChI=1S/C12H14N4O2/c1-7-5-14-9(8(2)11(7)13)6-16-4-3-10(17)15-12(16)18/h3-5H,6H2,1-2H3,(H2,13,14)(H,15,17,18). The van der Waals surface area contributed by atoms with Crippen LogP contribution in [0, 0.1) is 13.8 Å². The van der Waals surface area contributed by atoms with E-state index >= 15 is 0 Å². The Bertz CT molecular complexity index is 700. The van der Waals surface area contributed by atoms with Crippen LogP contribution in [0.3, 0.4) is 0 Å². The normalized spacial score (nSPS) is 10.6. The first kappa shape index (κ1) is 12.1. The fourth-order valence-corrected chi connectivity index (χ4v) is 1.68. The number of H-pyrrole nitrogens is 1. The van der Waals surface area contributed by atoms with Gasteiger partial charge in [0, 0.05) is 24.1 Å². The highest BCUT2D eigenvalue weighted by Gasteiger charge is 2.07. The lowest BCUT2D eigenvalue weighted by atomic mass is 10.1. The summed E-state index contributed by atoms with van der Waals surface area (Å²) >= 11 is 0. The van der Waals surface area contributed by atoms with Gasteiger partial charge in [0.2, 0.25) is 0 Å². The van der Waals surface area contributed by atoms with Gasteiger partial charge in [0.15, 0.2) is 0 Å². The molecule has 2 aromatic rings. The molecule has 0 fully saturated rings. The summed E-state index contributed by atoms with van der Waals surface area (Å²) in [5.41, 5.74) is 8.20. The highest BCUT2D eigenvalue weighted by molar-refractivity contribution is 5.53. The maximum atomic E-state index is 11.6. The van der Waals surface area contributed by atoms with Crippen LogP contribution in [0.4, 0.5) is 5.69 Å². The minimum absolute atomic E-state index is 0.284. The minimum atomic E-state index is -0.456. The predicted molar refractivity (Wildman–Crippen MR) is 68.5 cm³/mol. The van der Waals surface area contributed by atoms with Crippen molar-refractivity contribution in [3.05, 3.63) is 56.1 Å². The van der Waals surface area contributed by atoms with Crippen molar-refractivity contribution in [2.75, 3.05) is 5.73 Å². The summed E-state index contributed by atoms with van der Waals surface area (Å²) in [6.45, 7) is 4.03. The number of anilines is 1. The molecule has 2 heterocycles. The largest absolute Gasteiger partial charge is 0.398 e. The number of nitrogens with two attached hydrogens (primary N) is 1. The van der Waals surface area contributed by atoms with Crippen LogP contribution in [0.25, 0.3) is 0 Å². The Balaban J connectivity index is 2.44. The van der Waals surface area contributed by atoms with Crippen LogP contribution in [0.5, 0.6) is 0 Å². The molecule has 0 unspecified atom stereocenters. The first-order valence-electron chi connectivity index (χ1n) is 5.49. The van der Waals surface area contributed by atoms with E-state index in [2.05, 4.69) is 9.97 Å². The molecule has 0 radical (unpaired) electrons. The zero-order valence-electron chi connectivity index (χ0n) is 10.2. The van der Waals surface area contributed by atoms with Crippen molar-refractivity contribution in [1.82, 2.24) is 14.5 Å². The lowest BCUT2D eigenvalue weighted by Gasteiger charge is -2.10. The third-order valence-corrected chi connectivity index (χ3v) is 2.89. The fourth-order valence-electron chi connectivity index (χ4n) is 1.68. The van der Waals surface area contributed by atoms with Gasteiger partial charge in [0.05, 0.1) is 12.2 Å². The van der Waals surface area contributed by atoms with E-state index in [0.29, 0.717) is 11.4 Å². The number of nitrogens with zero attached hydrogens (tertiary/aromatic N) is 2. The van der Waals surface area contributed by atoms with E-state index in [9.17, 15) is 9.59 Å².